The van der Waals surface area contributed by atoms with Crippen molar-refractivity contribution in [1.82, 2.24) is 14.9 Å². The van der Waals surface area contributed by atoms with Gasteiger partial charge in [0.25, 0.3) is 0 Å². The van der Waals surface area contributed by atoms with Crippen LogP contribution in [0.5, 0.6) is 0 Å². The van der Waals surface area contributed by atoms with Crippen molar-refractivity contribution in [2.75, 3.05) is 0 Å². The summed E-state index contributed by atoms with van der Waals surface area (Å²) in [7, 11) is 0. The highest BCUT2D eigenvalue weighted by molar-refractivity contribution is 5.74. The second-order valence-electron chi connectivity index (χ2n) is 4.75. The first-order chi connectivity index (χ1) is 8.01. The zero-order chi connectivity index (χ0) is 12.6. The number of aryl methyl sites for hydroxylation is 1. The third kappa shape index (κ3) is 1.84. The lowest BCUT2D eigenvalue weighted by atomic mass is 9.86. The van der Waals surface area contributed by atoms with E-state index in [1.165, 1.54) is 0 Å². The van der Waals surface area contributed by atoms with Crippen molar-refractivity contribution in [3.8, 4) is 0 Å². The van der Waals surface area contributed by atoms with Gasteiger partial charge in [0.05, 0.1) is 17.6 Å². The molecule has 17 heavy (non-hydrogen) atoms. The fraction of sp³-hybridized carbons (Fsp3) is 0.667. The number of nitrogens with zero attached hydrogens (tertiary/aromatic N) is 2. The summed E-state index contributed by atoms with van der Waals surface area (Å²) in [5, 5.41) is 12.4. The van der Waals surface area contributed by atoms with Gasteiger partial charge in [-0.15, -0.1) is 0 Å². The second kappa shape index (κ2) is 4.14. The molecular formula is C12H19N3O2. The van der Waals surface area contributed by atoms with Crippen LogP contribution in [0.2, 0.25) is 0 Å². The molecule has 0 amide bonds. The summed E-state index contributed by atoms with van der Waals surface area (Å²) in [4.78, 5) is 15.7. The van der Waals surface area contributed by atoms with Gasteiger partial charge in [-0.05, 0) is 20.3 Å². The Hall–Kier alpha value is -1.36. The fourth-order valence-electron chi connectivity index (χ4n) is 2.47. The zero-order valence-corrected chi connectivity index (χ0v) is 10.5. The summed E-state index contributed by atoms with van der Waals surface area (Å²) >= 11 is 0. The molecule has 1 aromatic heterocycles. The summed E-state index contributed by atoms with van der Waals surface area (Å²) in [6.07, 6.45) is 3.14. The number of aromatic nitrogens is 2. The molecule has 0 aliphatic carbocycles. The molecule has 0 spiro atoms. The van der Waals surface area contributed by atoms with Crippen LogP contribution in [0.4, 0.5) is 0 Å². The predicted octanol–water partition coefficient (Wildman–Crippen LogP) is 1.13. The van der Waals surface area contributed by atoms with Gasteiger partial charge < -0.3 is 9.67 Å². The molecule has 94 valence electrons. The molecule has 0 bridgehead atoms. The lowest BCUT2D eigenvalue weighted by molar-refractivity contribution is -0.140. The first-order valence-corrected chi connectivity index (χ1v) is 6.06. The van der Waals surface area contributed by atoms with Crippen LogP contribution in [0.1, 0.15) is 38.6 Å². The van der Waals surface area contributed by atoms with E-state index in [0.29, 0.717) is 6.42 Å². The van der Waals surface area contributed by atoms with E-state index in [-0.39, 0.29) is 5.54 Å². The number of imidazole rings is 1. The van der Waals surface area contributed by atoms with E-state index < -0.39 is 12.0 Å². The number of rotatable bonds is 3. The normalized spacial score (nSPS) is 27.8. The maximum Gasteiger partial charge on any atom is 0.321 e. The van der Waals surface area contributed by atoms with Crippen molar-refractivity contribution in [2.24, 2.45) is 0 Å². The molecule has 0 fully saturated rings. The number of aliphatic carboxylic acids is 1. The summed E-state index contributed by atoms with van der Waals surface area (Å²) < 4.78 is 2.04. The van der Waals surface area contributed by atoms with Gasteiger partial charge in [0.15, 0.2) is 0 Å². The smallest absolute Gasteiger partial charge is 0.321 e. The molecule has 2 N–H and O–H groups in total. The van der Waals surface area contributed by atoms with E-state index in [2.05, 4.69) is 10.3 Å². The molecule has 2 heterocycles. The Morgan fingerprint density at radius 2 is 2.41 bits per heavy atom. The number of nitrogens with one attached hydrogen (secondary N) is 1. The molecule has 1 aliphatic heterocycles. The molecule has 2 unspecified atom stereocenters. The number of hydrogen-bond acceptors (Lipinski definition) is 3. The SMILES string of the molecule is CCn1cnc2c1CC(C(=O)O)NC2(C)CC. The van der Waals surface area contributed by atoms with E-state index in [0.717, 1.165) is 24.4 Å². The quantitative estimate of drug-likeness (QED) is 0.827. The molecule has 1 aromatic rings. The van der Waals surface area contributed by atoms with Crippen LogP contribution in [-0.2, 0) is 23.3 Å². The second-order valence-corrected chi connectivity index (χ2v) is 4.75. The molecule has 5 heteroatoms. The van der Waals surface area contributed by atoms with Crippen molar-refractivity contribution in [3.63, 3.8) is 0 Å². The lowest BCUT2D eigenvalue weighted by Gasteiger charge is -2.37. The lowest BCUT2D eigenvalue weighted by Crippen LogP contribution is -2.54. The van der Waals surface area contributed by atoms with Gasteiger partial charge in [-0.2, -0.15) is 0 Å². The van der Waals surface area contributed by atoms with Crippen molar-refractivity contribution in [2.45, 2.75) is 51.7 Å². The Bertz CT molecular complexity index is 441. The highest BCUT2D eigenvalue weighted by Gasteiger charge is 2.40. The molecule has 0 radical (unpaired) electrons. The van der Waals surface area contributed by atoms with Crippen LogP contribution in [0, 0.1) is 0 Å². The Balaban J connectivity index is 2.47. The van der Waals surface area contributed by atoms with Crippen LogP contribution >= 0.6 is 0 Å². The van der Waals surface area contributed by atoms with Crippen LogP contribution in [0.25, 0.3) is 0 Å². The van der Waals surface area contributed by atoms with Crippen molar-refractivity contribution in [3.05, 3.63) is 17.7 Å². The average molecular weight is 237 g/mol. The van der Waals surface area contributed by atoms with Gasteiger partial charge in [-0.25, -0.2) is 4.98 Å². The highest BCUT2D eigenvalue weighted by atomic mass is 16.4. The maximum atomic E-state index is 11.2. The third-order valence-corrected chi connectivity index (χ3v) is 3.71. The van der Waals surface area contributed by atoms with E-state index in [9.17, 15) is 9.90 Å². The van der Waals surface area contributed by atoms with Gasteiger partial charge in [0.2, 0.25) is 0 Å². The number of carboxylic acids is 1. The topological polar surface area (TPSA) is 67.2 Å². The maximum absolute atomic E-state index is 11.2. The Labute approximate surface area is 101 Å². The van der Waals surface area contributed by atoms with E-state index in [1.807, 2.05) is 31.7 Å². The largest absolute Gasteiger partial charge is 0.480 e. The molecule has 1 aliphatic rings. The number of hydrogen-bond donors (Lipinski definition) is 2. The number of carboxylic acid groups (broad SMARTS) is 1. The van der Waals surface area contributed by atoms with Gasteiger partial charge in [-0.3, -0.25) is 10.1 Å². The first-order valence-electron chi connectivity index (χ1n) is 6.06. The fourth-order valence-corrected chi connectivity index (χ4v) is 2.47. The monoisotopic (exact) mass is 237 g/mol. The van der Waals surface area contributed by atoms with Gasteiger partial charge >= 0.3 is 5.97 Å². The first kappa shape index (κ1) is 12.1. The van der Waals surface area contributed by atoms with E-state index >= 15 is 0 Å². The Morgan fingerprint density at radius 3 is 2.94 bits per heavy atom. The van der Waals surface area contributed by atoms with Crippen molar-refractivity contribution >= 4 is 5.97 Å². The predicted molar refractivity (Wildman–Crippen MR) is 63.8 cm³/mol. The molecule has 0 saturated heterocycles. The standard InChI is InChI=1S/C12H19N3O2/c1-4-12(3)10-9(15(5-2)7-13-10)6-8(14-12)11(16)17/h7-8,14H,4-6H2,1-3H3,(H,16,17). The molecule has 5 nitrogen and oxygen atoms in total. The van der Waals surface area contributed by atoms with E-state index in [1.54, 1.807) is 0 Å². The average Bonchev–Trinajstić information content (AvgIpc) is 2.72. The van der Waals surface area contributed by atoms with Crippen molar-refractivity contribution in [1.29, 1.82) is 0 Å². The summed E-state index contributed by atoms with van der Waals surface area (Å²) in [5.74, 6) is -0.792. The molecule has 2 rings (SSSR count). The number of fused-ring (bicyclic) bond motifs is 1. The third-order valence-electron chi connectivity index (χ3n) is 3.71. The van der Waals surface area contributed by atoms with E-state index in [4.69, 9.17) is 0 Å². The minimum atomic E-state index is -0.792. The molecule has 0 saturated carbocycles. The minimum Gasteiger partial charge on any atom is -0.480 e. The molecular weight excluding hydrogens is 218 g/mol. The van der Waals surface area contributed by atoms with Gasteiger partial charge in [-0.1, -0.05) is 6.92 Å². The van der Waals surface area contributed by atoms with Gasteiger partial charge in [0, 0.05) is 18.7 Å². The van der Waals surface area contributed by atoms with Gasteiger partial charge in [0.1, 0.15) is 6.04 Å². The zero-order valence-electron chi connectivity index (χ0n) is 10.5. The minimum absolute atomic E-state index is 0.336. The van der Waals surface area contributed by atoms with Crippen LogP contribution < -0.4 is 5.32 Å². The van der Waals surface area contributed by atoms with Crippen LogP contribution in [-0.4, -0.2) is 26.7 Å². The molecule has 2 atom stereocenters. The molecule has 0 aromatic carbocycles. The van der Waals surface area contributed by atoms with Crippen LogP contribution in [0.3, 0.4) is 0 Å². The summed E-state index contributed by atoms with van der Waals surface area (Å²) in [6.45, 7) is 6.94. The Kier molecular flexibility index (Phi) is 2.95. The summed E-state index contributed by atoms with van der Waals surface area (Å²) in [6, 6.07) is -0.519. The van der Waals surface area contributed by atoms with Crippen LogP contribution in [0.15, 0.2) is 6.33 Å². The Morgan fingerprint density at radius 1 is 1.71 bits per heavy atom. The summed E-state index contributed by atoms with van der Waals surface area (Å²) in [5.41, 5.74) is 1.72. The van der Waals surface area contributed by atoms with Crippen molar-refractivity contribution < 1.29 is 9.90 Å². The number of carbonyl (C=O) groups is 1. The highest BCUT2D eigenvalue weighted by Crippen LogP contribution is 2.32.